The lowest BCUT2D eigenvalue weighted by molar-refractivity contribution is 0.0688. The number of carboxylic acids is 1. The van der Waals surface area contributed by atoms with E-state index < -0.39 is 5.97 Å². The van der Waals surface area contributed by atoms with Crippen molar-refractivity contribution in [1.82, 2.24) is 4.57 Å². The molecule has 1 N–H and O–H groups in total. The molecule has 16 heavy (non-hydrogen) atoms. The Hall–Kier alpha value is -1.01. The van der Waals surface area contributed by atoms with Crippen LogP contribution in [0.2, 0.25) is 5.02 Å². The highest BCUT2D eigenvalue weighted by Crippen LogP contribution is 2.20. The van der Waals surface area contributed by atoms with Crippen molar-refractivity contribution in [2.24, 2.45) is 0 Å². The molecule has 1 aromatic carbocycles. The first-order valence-electron chi connectivity index (χ1n) is 4.45. The lowest BCUT2D eigenvalue weighted by Gasteiger charge is -2.05. The summed E-state index contributed by atoms with van der Waals surface area (Å²) in [6.45, 7) is 0. The molecule has 1 heterocycles. The van der Waals surface area contributed by atoms with E-state index in [0.29, 0.717) is 5.02 Å². The van der Waals surface area contributed by atoms with Crippen LogP contribution >= 0.6 is 34.2 Å². The average molecular weight is 348 g/mol. The maximum atomic E-state index is 11.0. The number of aromatic carboxylic acids is 1. The number of rotatable bonds is 2. The van der Waals surface area contributed by atoms with Crippen molar-refractivity contribution in [1.29, 1.82) is 0 Å². The molecule has 0 aliphatic heterocycles. The van der Waals surface area contributed by atoms with Gasteiger partial charge in [0.15, 0.2) is 0 Å². The summed E-state index contributed by atoms with van der Waals surface area (Å²) in [5, 5.41) is 9.63. The Balaban J connectivity index is 2.59. The fourth-order valence-corrected chi connectivity index (χ4v) is 2.19. The number of carboxylic acid groups (broad SMARTS) is 1. The summed E-state index contributed by atoms with van der Waals surface area (Å²) in [6.07, 6.45) is 1.76. The molecule has 1 aromatic heterocycles. The molecule has 82 valence electrons. The molecule has 0 atom stereocenters. The van der Waals surface area contributed by atoms with Crippen molar-refractivity contribution in [3.8, 4) is 5.69 Å². The predicted molar refractivity (Wildman–Crippen MR) is 70.5 cm³/mol. The summed E-state index contributed by atoms with van der Waals surface area (Å²) >= 11 is 7.95. The van der Waals surface area contributed by atoms with Gasteiger partial charge >= 0.3 is 5.97 Å². The molecule has 0 radical (unpaired) electrons. The molecule has 0 fully saturated rings. The zero-order valence-corrected chi connectivity index (χ0v) is 10.9. The molecule has 0 bridgehead atoms. The quantitative estimate of drug-likeness (QED) is 0.846. The van der Waals surface area contributed by atoms with E-state index in [1.807, 2.05) is 6.07 Å². The highest BCUT2D eigenvalue weighted by molar-refractivity contribution is 14.1. The lowest BCUT2D eigenvalue weighted by Crippen LogP contribution is -2.05. The van der Waals surface area contributed by atoms with E-state index in [4.69, 9.17) is 16.7 Å². The van der Waals surface area contributed by atoms with E-state index in [1.165, 1.54) is 0 Å². The van der Waals surface area contributed by atoms with Crippen LogP contribution in [-0.4, -0.2) is 15.6 Å². The second-order valence-electron chi connectivity index (χ2n) is 3.20. The number of halogens is 2. The average Bonchev–Trinajstić information content (AvgIpc) is 2.60. The van der Waals surface area contributed by atoms with Crippen molar-refractivity contribution in [3.63, 3.8) is 0 Å². The molecule has 0 saturated carbocycles. The minimum atomic E-state index is -0.956. The van der Waals surface area contributed by atoms with Crippen LogP contribution in [0, 0.1) is 3.57 Å². The van der Waals surface area contributed by atoms with Crippen molar-refractivity contribution in [2.75, 3.05) is 0 Å². The van der Waals surface area contributed by atoms with Gasteiger partial charge in [0.25, 0.3) is 0 Å². The van der Waals surface area contributed by atoms with Gasteiger partial charge in [0.05, 0.1) is 0 Å². The second-order valence-corrected chi connectivity index (χ2v) is 4.88. The smallest absolute Gasteiger partial charge is 0.352 e. The van der Waals surface area contributed by atoms with E-state index in [9.17, 15) is 4.79 Å². The normalized spacial score (nSPS) is 10.4. The highest BCUT2D eigenvalue weighted by atomic mass is 127. The van der Waals surface area contributed by atoms with Crippen LogP contribution in [0.3, 0.4) is 0 Å². The van der Waals surface area contributed by atoms with Gasteiger partial charge in [-0.25, -0.2) is 4.79 Å². The third kappa shape index (κ3) is 2.22. The molecule has 2 rings (SSSR count). The minimum Gasteiger partial charge on any atom is -0.477 e. The Kier molecular flexibility index (Phi) is 3.20. The maximum Gasteiger partial charge on any atom is 0.352 e. The molecular weight excluding hydrogens is 340 g/mol. The van der Waals surface area contributed by atoms with E-state index >= 15 is 0 Å². The summed E-state index contributed by atoms with van der Waals surface area (Å²) < 4.78 is 2.48. The number of nitrogens with zero attached hydrogens (tertiary/aromatic N) is 1. The van der Waals surface area contributed by atoms with Crippen molar-refractivity contribution in [3.05, 3.63) is 50.8 Å². The molecule has 0 aliphatic rings. The summed E-state index contributed by atoms with van der Waals surface area (Å²) in [5.41, 5.74) is 0.972. The zero-order valence-electron chi connectivity index (χ0n) is 8.02. The Morgan fingerprint density at radius 1 is 1.38 bits per heavy atom. The molecule has 5 heteroatoms. The lowest BCUT2D eigenvalue weighted by atomic mass is 10.3. The first-order chi connectivity index (χ1) is 7.58. The summed E-state index contributed by atoms with van der Waals surface area (Å²) in [5.74, 6) is -0.956. The van der Waals surface area contributed by atoms with Gasteiger partial charge in [0.2, 0.25) is 0 Å². The monoisotopic (exact) mass is 347 g/mol. The van der Waals surface area contributed by atoms with Gasteiger partial charge in [0.1, 0.15) is 5.69 Å². The van der Waals surface area contributed by atoms with Gasteiger partial charge in [-0.05, 0) is 46.9 Å². The van der Waals surface area contributed by atoms with E-state index in [1.54, 1.807) is 35.0 Å². The van der Waals surface area contributed by atoms with E-state index in [-0.39, 0.29) is 5.69 Å². The molecule has 3 nitrogen and oxygen atoms in total. The van der Waals surface area contributed by atoms with Crippen LogP contribution in [0.5, 0.6) is 0 Å². The first kappa shape index (κ1) is 11.5. The van der Waals surface area contributed by atoms with Crippen molar-refractivity contribution < 1.29 is 9.90 Å². The summed E-state index contributed by atoms with van der Waals surface area (Å²) in [4.78, 5) is 11.0. The van der Waals surface area contributed by atoms with Gasteiger partial charge in [-0.3, -0.25) is 0 Å². The number of hydrogen-bond donors (Lipinski definition) is 1. The van der Waals surface area contributed by atoms with Crippen molar-refractivity contribution >= 4 is 40.2 Å². The molecule has 0 saturated heterocycles. The van der Waals surface area contributed by atoms with Crippen LogP contribution in [0.25, 0.3) is 5.69 Å². The van der Waals surface area contributed by atoms with Gasteiger partial charge in [-0.1, -0.05) is 17.7 Å². The van der Waals surface area contributed by atoms with Gasteiger partial charge in [0, 0.05) is 20.5 Å². The maximum absolute atomic E-state index is 11.0. The Morgan fingerprint density at radius 2 is 2.12 bits per heavy atom. The Labute approximate surface area is 111 Å². The van der Waals surface area contributed by atoms with Gasteiger partial charge < -0.3 is 9.67 Å². The minimum absolute atomic E-state index is 0.228. The third-order valence-corrected chi connectivity index (χ3v) is 2.92. The van der Waals surface area contributed by atoms with Crippen LogP contribution in [0.15, 0.2) is 36.5 Å². The fourth-order valence-electron chi connectivity index (χ4n) is 1.43. The zero-order chi connectivity index (χ0) is 11.7. The molecule has 0 aliphatic carbocycles. The third-order valence-electron chi connectivity index (χ3n) is 2.09. The molecule has 2 aromatic rings. The standard InChI is InChI=1S/C11H7ClINO2/c12-7-2-1-3-9(4-7)14-6-8(13)5-10(14)11(15)16/h1-6H,(H,15,16). The number of benzene rings is 1. The fraction of sp³-hybridized carbons (Fsp3) is 0. The first-order valence-corrected chi connectivity index (χ1v) is 5.91. The van der Waals surface area contributed by atoms with Crippen LogP contribution in [0.1, 0.15) is 10.5 Å². The van der Waals surface area contributed by atoms with E-state index in [2.05, 4.69) is 22.6 Å². The predicted octanol–water partition coefficient (Wildman–Crippen LogP) is 3.43. The number of hydrogen-bond acceptors (Lipinski definition) is 1. The van der Waals surface area contributed by atoms with Crippen LogP contribution < -0.4 is 0 Å². The Bertz CT molecular complexity index is 551. The van der Waals surface area contributed by atoms with Crippen molar-refractivity contribution in [2.45, 2.75) is 0 Å². The number of carbonyl (C=O) groups is 1. The molecule has 0 spiro atoms. The van der Waals surface area contributed by atoms with E-state index in [0.717, 1.165) is 9.26 Å². The topological polar surface area (TPSA) is 42.2 Å². The second kappa shape index (κ2) is 4.47. The SMILES string of the molecule is O=C(O)c1cc(I)cn1-c1cccc(Cl)c1. The van der Waals surface area contributed by atoms with Gasteiger partial charge in [-0.15, -0.1) is 0 Å². The molecular formula is C11H7ClINO2. The number of aromatic nitrogens is 1. The van der Waals surface area contributed by atoms with Crippen LogP contribution in [-0.2, 0) is 0 Å². The van der Waals surface area contributed by atoms with Gasteiger partial charge in [-0.2, -0.15) is 0 Å². The summed E-state index contributed by atoms with van der Waals surface area (Å²) in [7, 11) is 0. The highest BCUT2D eigenvalue weighted by Gasteiger charge is 2.12. The van der Waals surface area contributed by atoms with Crippen LogP contribution in [0.4, 0.5) is 0 Å². The molecule has 0 unspecified atom stereocenters. The molecule has 0 amide bonds. The largest absolute Gasteiger partial charge is 0.477 e. The summed E-state index contributed by atoms with van der Waals surface area (Å²) in [6, 6.07) is 8.69. The Morgan fingerprint density at radius 3 is 2.75 bits per heavy atom.